The summed E-state index contributed by atoms with van der Waals surface area (Å²) in [6, 6.07) is 7.21. The van der Waals surface area contributed by atoms with Gasteiger partial charge in [-0.05, 0) is 36.3 Å². The number of likely N-dealkylation sites (tertiary alicyclic amines) is 1. The van der Waals surface area contributed by atoms with Crippen LogP contribution in [0.2, 0.25) is 0 Å². The van der Waals surface area contributed by atoms with Crippen molar-refractivity contribution in [2.24, 2.45) is 11.3 Å². The Morgan fingerprint density at radius 1 is 1.12 bits per heavy atom. The highest BCUT2D eigenvalue weighted by Crippen LogP contribution is 2.34. The summed E-state index contributed by atoms with van der Waals surface area (Å²) in [6.07, 6.45) is 4.82. The number of nitrogens with one attached hydrogen (secondary N) is 1. The molecule has 2 amide bonds. The number of Topliss-reactive ketones (excluding diaryl/α,β-unsaturated/α-hetero) is 1. The number of carbonyl (C=O) groups is 3. The summed E-state index contributed by atoms with van der Waals surface area (Å²) >= 11 is 7.20. The summed E-state index contributed by atoms with van der Waals surface area (Å²) in [4.78, 5) is 47.0. The second-order valence-electron chi connectivity index (χ2n) is 12.6. The molecule has 3 atom stereocenters. The van der Waals surface area contributed by atoms with Gasteiger partial charge in [0.25, 0.3) is 0 Å². The van der Waals surface area contributed by atoms with E-state index in [0.29, 0.717) is 32.1 Å². The number of hydrogen-bond donors (Lipinski definition) is 2. The predicted molar refractivity (Wildman–Crippen MR) is 172 cm³/mol. The normalized spacial score (nSPS) is 17.7. The lowest BCUT2D eigenvalue weighted by Gasteiger charge is -2.34. The number of aromatic nitrogens is 1. The van der Waals surface area contributed by atoms with Crippen molar-refractivity contribution >= 4 is 40.5 Å². The predicted octanol–water partition coefficient (Wildman–Crippen LogP) is 5.91. The Balaban J connectivity index is 1.52. The number of nitrogens with zero attached hydrogens (tertiary/aromatic N) is 2. The molecule has 0 radical (unpaired) electrons. The number of halogens is 1. The quantitative estimate of drug-likeness (QED) is 0.166. The molecule has 2 N–H and O–H groups in total. The van der Waals surface area contributed by atoms with Crippen molar-refractivity contribution in [3.05, 3.63) is 41.0 Å². The summed E-state index contributed by atoms with van der Waals surface area (Å²) in [5.41, 5.74) is 4.36. The zero-order chi connectivity index (χ0) is 31.4. The van der Waals surface area contributed by atoms with E-state index < -0.39 is 23.5 Å². The molecule has 1 aromatic carbocycles. The summed E-state index contributed by atoms with van der Waals surface area (Å²) in [6.45, 7) is 9.54. The second-order valence-corrected chi connectivity index (χ2v) is 13.8. The fraction of sp³-hybridized carbons (Fsp3) is 0.636. The average molecular weight is 634 g/mol. The van der Waals surface area contributed by atoms with Gasteiger partial charge in [0.15, 0.2) is 0 Å². The minimum atomic E-state index is -0.779. The highest BCUT2D eigenvalue weighted by Gasteiger charge is 2.44. The van der Waals surface area contributed by atoms with Crippen LogP contribution in [0.15, 0.2) is 29.8 Å². The van der Waals surface area contributed by atoms with E-state index in [4.69, 9.17) is 16.3 Å². The van der Waals surface area contributed by atoms with Gasteiger partial charge in [-0.3, -0.25) is 14.4 Å². The van der Waals surface area contributed by atoms with Crippen LogP contribution in [0, 0.1) is 18.3 Å². The number of alkyl halides is 1. The highest BCUT2D eigenvalue weighted by molar-refractivity contribution is 7.13. The fourth-order valence-electron chi connectivity index (χ4n) is 5.47. The molecule has 0 saturated carbocycles. The van der Waals surface area contributed by atoms with Crippen molar-refractivity contribution in [2.75, 3.05) is 25.6 Å². The van der Waals surface area contributed by atoms with Gasteiger partial charge in [-0.1, -0.05) is 64.3 Å². The number of ketones is 1. The lowest BCUT2D eigenvalue weighted by Crippen LogP contribution is -2.50. The number of amides is 2. The Bertz CT molecular complexity index is 1180. The Labute approximate surface area is 265 Å². The van der Waals surface area contributed by atoms with Gasteiger partial charge in [-0.25, -0.2) is 4.98 Å². The molecule has 1 saturated heterocycles. The van der Waals surface area contributed by atoms with Crippen molar-refractivity contribution in [2.45, 2.75) is 97.8 Å². The molecule has 0 spiro atoms. The molecular weight excluding hydrogens is 586 g/mol. The van der Waals surface area contributed by atoms with Crippen LogP contribution in [0.25, 0.3) is 10.4 Å². The third kappa shape index (κ3) is 11.0. The molecule has 2 aromatic rings. The van der Waals surface area contributed by atoms with Crippen molar-refractivity contribution < 1.29 is 24.2 Å². The standard InChI is InChI=1S/C33H48ClN3O5S/c1-23-30(43-22-36-23)25-13-11-24(12-14-25)20-35-31(40)29-19-27(39)21-37(29)32(41)28(33(2,3)4)18-26(38)10-8-6-5-7-9-16-42-17-15-34/h11-14,22,27-29,39H,5-10,15-21H2,1-4H3,(H,35,40)/t27-,28-,29+/m1/s1. The summed E-state index contributed by atoms with van der Waals surface area (Å²) in [5, 5.41) is 13.4. The number of aliphatic hydroxyl groups excluding tert-OH is 1. The van der Waals surface area contributed by atoms with Crippen LogP contribution in [0.1, 0.15) is 83.4 Å². The van der Waals surface area contributed by atoms with E-state index >= 15 is 0 Å². The molecule has 238 valence electrons. The first kappa shape index (κ1) is 35.2. The smallest absolute Gasteiger partial charge is 0.243 e. The number of ether oxygens (including phenoxy) is 1. The average Bonchev–Trinajstić information content (AvgIpc) is 3.58. The minimum Gasteiger partial charge on any atom is -0.391 e. The Morgan fingerprint density at radius 3 is 2.47 bits per heavy atom. The van der Waals surface area contributed by atoms with Gasteiger partial charge in [0.05, 0.1) is 28.8 Å². The lowest BCUT2D eigenvalue weighted by molar-refractivity contribution is -0.146. The fourth-order valence-corrected chi connectivity index (χ4v) is 6.39. The van der Waals surface area contributed by atoms with E-state index in [0.717, 1.165) is 53.8 Å². The summed E-state index contributed by atoms with van der Waals surface area (Å²) in [5.74, 6) is -0.520. The zero-order valence-corrected chi connectivity index (χ0v) is 27.6. The van der Waals surface area contributed by atoms with Crippen molar-refractivity contribution in [3.63, 3.8) is 0 Å². The highest BCUT2D eigenvalue weighted by atomic mass is 35.5. The van der Waals surface area contributed by atoms with Crippen LogP contribution < -0.4 is 5.32 Å². The van der Waals surface area contributed by atoms with Crippen molar-refractivity contribution in [1.29, 1.82) is 0 Å². The monoisotopic (exact) mass is 633 g/mol. The van der Waals surface area contributed by atoms with Gasteiger partial charge < -0.3 is 20.1 Å². The topological polar surface area (TPSA) is 109 Å². The van der Waals surface area contributed by atoms with Gasteiger partial charge in [0.2, 0.25) is 11.8 Å². The van der Waals surface area contributed by atoms with Gasteiger partial charge >= 0.3 is 0 Å². The van der Waals surface area contributed by atoms with Gasteiger partial charge in [0, 0.05) is 50.8 Å². The van der Waals surface area contributed by atoms with Gasteiger partial charge in [-0.2, -0.15) is 0 Å². The van der Waals surface area contributed by atoms with Crippen LogP contribution in [0.3, 0.4) is 0 Å². The van der Waals surface area contributed by atoms with E-state index in [9.17, 15) is 19.5 Å². The number of rotatable bonds is 17. The number of benzene rings is 1. The van der Waals surface area contributed by atoms with Crippen LogP contribution >= 0.6 is 22.9 Å². The van der Waals surface area contributed by atoms with E-state index in [1.165, 1.54) is 4.90 Å². The van der Waals surface area contributed by atoms with Crippen molar-refractivity contribution in [1.82, 2.24) is 15.2 Å². The van der Waals surface area contributed by atoms with E-state index in [1.54, 1.807) is 11.3 Å². The molecular formula is C33H48ClN3O5S. The Morgan fingerprint density at radius 2 is 1.81 bits per heavy atom. The Kier molecular flexibility index (Phi) is 14.1. The van der Waals surface area contributed by atoms with Crippen LogP contribution in [0.4, 0.5) is 0 Å². The molecule has 10 heteroatoms. The van der Waals surface area contributed by atoms with Gasteiger partial charge in [-0.15, -0.1) is 22.9 Å². The van der Waals surface area contributed by atoms with Crippen LogP contribution in [0.5, 0.6) is 0 Å². The first-order chi connectivity index (χ1) is 20.5. The third-order valence-corrected chi connectivity index (χ3v) is 9.17. The SMILES string of the molecule is Cc1ncsc1-c1ccc(CNC(=O)[C@@H]2C[C@@H](O)CN2C(=O)[C@@H](CC(=O)CCCCCCCOCCCl)C(C)(C)C)cc1. The third-order valence-electron chi connectivity index (χ3n) is 8.03. The molecule has 1 aromatic heterocycles. The maximum absolute atomic E-state index is 13.8. The summed E-state index contributed by atoms with van der Waals surface area (Å²) in [7, 11) is 0. The van der Waals surface area contributed by atoms with Gasteiger partial charge in [0.1, 0.15) is 11.8 Å². The molecule has 0 bridgehead atoms. The molecule has 3 rings (SSSR count). The van der Waals surface area contributed by atoms with E-state index in [1.807, 2.05) is 57.5 Å². The van der Waals surface area contributed by atoms with Crippen molar-refractivity contribution in [3.8, 4) is 10.4 Å². The molecule has 1 aliphatic rings. The Hall–Kier alpha value is -2.33. The molecule has 0 unspecified atom stereocenters. The molecule has 2 heterocycles. The number of thiazole rings is 1. The molecule has 0 aliphatic carbocycles. The number of aryl methyl sites for hydroxylation is 1. The number of aliphatic hydroxyl groups is 1. The maximum Gasteiger partial charge on any atom is 0.243 e. The van der Waals surface area contributed by atoms with E-state index in [2.05, 4.69) is 10.3 Å². The maximum atomic E-state index is 13.8. The molecule has 8 nitrogen and oxygen atoms in total. The lowest BCUT2D eigenvalue weighted by atomic mass is 9.76. The largest absolute Gasteiger partial charge is 0.391 e. The second kappa shape index (κ2) is 17.2. The zero-order valence-electron chi connectivity index (χ0n) is 26.1. The number of hydrogen-bond acceptors (Lipinski definition) is 7. The van der Waals surface area contributed by atoms with E-state index in [-0.39, 0.29) is 37.0 Å². The van der Waals surface area contributed by atoms with Crippen LogP contribution in [-0.4, -0.2) is 70.4 Å². The molecule has 43 heavy (non-hydrogen) atoms. The van der Waals surface area contributed by atoms with Crippen LogP contribution in [-0.2, 0) is 25.7 Å². The summed E-state index contributed by atoms with van der Waals surface area (Å²) < 4.78 is 5.38. The first-order valence-electron chi connectivity index (χ1n) is 15.4. The number of carbonyl (C=O) groups excluding carboxylic acids is 3. The molecule has 1 fully saturated rings. The molecule has 1 aliphatic heterocycles. The first-order valence-corrected chi connectivity index (χ1v) is 16.8. The minimum absolute atomic E-state index is 0.0661. The number of β-amino-alcohol motifs (C(OH)–C–C–N with tert-alkyl or cyclic N) is 1. The number of unbranched alkanes of at least 4 members (excludes halogenated alkanes) is 4.